The second kappa shape index (κ2) is 9.58. The summed E-state index contributed by atoms with van der Waals surface area (Å²) in [5.74, 6) is 1.52. The van der Waals surface area contributed by atoms with Crippen molar-refractivity contribution >= 4 is 17.8 Å². The molecule has 1 aliphatic heterocycles. The van der Waals surface area contributed by atoms with Crippen LogP contribution in [0.2, 0.25) is 0 Å². The zero-order chi connectivity index (χ0) is 24.2. The van der Waals surface area contributed by atoms with Crippen LogP contribution in [0.4, 0.5) is 0 Å². The summed E-state index contributed by atoms with van der Waals surface area (Å²) >= 11 is 0. The van der Waals surface area contributed by atoms with Crippen LogP contribution in [0.3, 0.4) is 0 Å². The lowest BCUT2D eigenvalue weighted by atomic mass is 10.1. The summed E-state index contributed by atoms with van der Waals surface area (Å²) in [7, 11) is 5.97. The van der Waals surface area contributed by atoms with Gasteiger partial charge in [-0.15, -0.1) is 0 Å². The number of hydrogen-bond acceptors (Lipinski definition) is 8. The Morgan fingerprint density at radius 1 is 0.794 bits per heavy atom. The molecule has 0 aromatic heterocycles. The lowest BCUT2D eigenvalue weighted by molar-refractivity contribution is 0.0733. The van der Waals surface area contributed by atoms with Gasteiger partial charge in [0.05, 0.1) is 39.6 Å². The Morgan fingerprint density at radius 3 is 2.03 bits per heavy atom. The molecule has 0 spiro atoms. The molecule has 1 heterocycles. The molecule has 0 N–H and O–H groups in total. The lowest BCUT2D eigenvalue weighted by Crippen LogP contribution is -2.09. The van der Waals surface area contributed by atoms with Crippen molar-refractivity contribution in [2.24, 2.45) is 0 Å². The molecule has 0 radical (unpaired) electrons. The average Bonchev–Trinajstić information content (AvgIpc) is 3.17. The van der Waals surface area contributed by atoms with Gasteiger partial charge >= 0.3 is 5.97 Å². The van der Waals surface area contributed by atoms with Gasteiger partial charge in [0, 0.05) is 6.07 Å². The molecule has 3 aromatic carbocycles. The fraction of sp³-hybridized carbons (Fsp3) is 0.154. The second-order valence-electron chi connectivity index (χ2n) is 7.17. The maximum Gasteiger partial charge on any atom is 0.343 e. The number of esters is 1. The van der Waals surface area contributed by atoms with Crippen LogP contribution in [-0.4, -0.2) is 40.2 Å². The molecular formula is C26H22O8. The van der Waals surface area contributed by atoms with E-state index in [-0.39, 0.29) is 22.9 Å². The van der Waals surface area contributed by atoms with E-state index in [1.807, 2.05) is 12.1 Å². The number of hydrogen-bond donors (Lipinski definition) is 0. The average molecular weight is 462 g/mol. The van der Waals surface area contributed by atoms with Gasteiger partial charge in [0.25, 0.3) is 0 Å². The van der Waals surface area contributed by atoms with Crippen molar-refractivity contribution in [3.63, 3.8) is 0 Å². The van der Waals surface area contributed by atoms with Gasteiger partial charge in [-0.1, -0.05) is 12.1 Å². The Hall–Kier alpha value is -4.46. The van der Waals surface area contributed by atoms with Gasteiger partial charge in [0.15, 0.2) is 17.3 Å². The Kier molecular flexibility index (Phi) is 6.40. The number of Topliss-reactive ketones (excluding diaryl/α,β-unsaturated/α-hetero) is 1. The number of benzene rings is 3. The Labute approximate surface area is 196 Å². The van der Waals surface area contributed by atoms with E-state index in [2.05, 4.69) is 0 Å². The molecule has 0 amide bonds. The van der Waals surface area contributed by atoms with Crippen LogP contribution < -0.4 is 28.4 Å². The van der Waals surface area contributed by atoms with Gasteiger partial charge in [-0.2, -0.15) is 0 Å². The van der Waals surface area contributed by atoms with Crippen molar-refractivity contribution in [3.8, 4) is 34.5 Å². The van der Waals surface area contributed by atoms with Crippen LogP contribution in [0.15, 0.2) is 60.4 Å². The van der Waals surface area contributed by atoms with Crippen molar-refractivity contribution in [2.75, 3.05) is 28.4 Å². The molecule has 0 atom stereocenters. The highest BCUT2D eigenvalue weighted by atomic mass is 16.5. The quantitative estimate of drug-likeness (QED) is 0.287. The summed E-state index contributed by atoms with van der Waals surface area (Å²) in [6.07, 6.45) is 1.64. The second-order valence-corrected chi connectivity index (χ2v) is 7.17. The zero-order valence-corrected chi connectivity index (χ0v) is 19.0. The molecule has 0 saturated carbocycles. The van der Waals surface area contributed by atoms with Crippen molar-refractivity contribution in [2.45, 2.75) is 0 Å². The van der Waals surface area contributed by atoms with Crippen LogP contribution in [0.25, 0.3) is 6.08 Å². The first kappa shape index (κ1) is 22.7. The maximum atomic E-state index is 12.8. The van der Waals surface area contributed by atoms with Crippen LogP contribution >= 0.6 is 0 Å². The third-order valence-electron chi connectivity index (χ3n) is 5.17. The summed E-state index contributed by atoms with van der Waals surface area (Å²) in [4.78, 5) is 25.5. The Bertz CT molecular complexity index is 1250. The fourth-order valence-corrected chi connectivity index (χ4v) is 3.45. The predicted molar refractivity (Wildman–Crippen MR) is 123 cm³/mol. The zero-order valence-electron chi connectivity index (χ0n) is 19.0. The Morgan fingerprint density at radius 2 is 1.44 bits per heavy atom. The molecule has 8 nitrogen and oxygen atoms in total. The normalized spacial score (nSPS) is 13.2. The van der Waals surface area contributed by atoms with E-state index in [9.17, 15) is 9.59 Å². The topological polar surface area (TPSA) is 89.5 Å². The highest BCUT2D eigenvalue weighted by Gasteiger charge is 2.28. The van der Waals surface area contributed by atoms with E-state index in [4.69, 9.17) is 28.4 Å². The highest BCUT2D eigenvalue weighted by Crippen LogP contribution is 2.39. The smallest absolute Gasteiger partial charge is 0.343 e. The Balaban J connectivity index is 1.55. The van der Waals surface area contributed by atoms with Crippen LogP contribution in [0, 0.1) is 0 Å². The van der Waals surface area contributed by atoms with E-state index in [0.717, 1.165) is 5.56 Å². The summed E-state index contributed by atoms with van der Waals surface area (Å²) in [5.41, 5.74) is 1.37. The molecule has 0 bridgehead atoms. The first-order valence-electron chi connectivity index (χ1n) is 10.2. The standard InChI is InChI=1S/C26H22O8/c1-29-17-7-5-15(6-8-17)11-21-24(27)19-10-9-18(14-20(19)34-21)33-26(28)16-12-22(30-2)25(32-4)23(13-16)31-3/h5-14H,1-4H3/b21-11-. The molecule has 8 heteroatoms. The number of fused-ring (bicyclic) bond motifs is 1. The van der Waals surface area contributed by atoms with Gasteiger partial charge in [-0.25, -0.2) is 4.79 Å². The molecule has 3 aromatic rings. The van der Waals surface area contributed by atoms with E-state index in [1.165, 1.54) is 45.6 Å². The van der Waals surface area contributed by atoms with Gasteiger partial charge < -0.3 is 28.4 Å². The van der Waals surface area contributed by atoms with Gasteiger partial charge in [0.2, 0.25) is 11.5 Å². The van der Waals surface area contributed by atoms with Gasteiger partial charge in [-0.3, -0.25) is 4.79 Å². The summed E-state index contributed by atoms with van der Waals surface area (Å²) in [6, 6.07) is 14.8. The van der Waals surface area contributed by atoms with Crippen LogP contribution in [0.5, 0.6) is 34.5 Å². The van der Waals surface area contributed by atoms with Gasteiger partial charge in [-0.05, 0) is 48.0 Å². The SMILES string of the molecule is COc1ccc(/C=C2\Oc3cc(OC(=O)c4cc(OC)c(OC)c(OC)c4)ccc3C2=O)cc1. The van der Waals surface area contributed by atoms with E-state index in [1.54, 1.807) is 31.4 Å². The van der Waals surface area contributed by atoms with Crippen LogP contribution in [-0.2, 0) is 0 Å². The largest absolute Gasteiger partial charge is 0.497 e. The molecule has 174 valence electrons. The predicted octanol–water partition coefficient (Wildman–Crippen LogP) is 4.56. The van der Waals surface area contributed by atoms with Crippen molar-refractivity contribution in [1.29, 1.82) is 0 Å². The molecular weight excluding hydrogens is 440 g/mol. The van der Waals surface area contributed by atoms with Crippen molar-refractivity contribution in [3.05, 3.63) is 77.0 Å². The molecule has 0 fully saturated rings. The highest BCUT2D eigenvalue weighted by molar-refractivity contribution is 6.14. The van der Waals surface area contributed by atoms with Gasteiger partial charge in [0.1, 0.15) is 17.2 Å². The first-order chi connectivity index (χ1) is 16.5. The van der Waals surface area contributed by atoms with E-state index in [0.29, 0.717) is 34.3 Å². The minimum absolute atomic E-state index is 0.174. The minimum atomic E-state index is -0.641. The molecule has 0 unspecified atom stereocenters. The number of rotatable bonds is 7. The summed E-state index contributed by atoms with van der Waals surface area (Å²) in [6.45, 7) is 0. The summed E-state index contributed by atoms with van der Waals surface area (Å²) in [5, 5.41) is 0. The fourth-order valence-electron chi connectivity index (χ4n) is 3.45. The molecule has 0 aliphatic carbocycles. The monoisotopic (exact) mass is 462 g/mol. The van der Waals surface area contributed by atoms with E-state index >= 15 is 0 Å². The number of carbonyl (C=O) groups is 2. The summed E-state index contributed by atoms with van der Waals surface area (Å²) < 4.78 is 32.2. The molecule has 1 aliphatic rings. The third-order valence-corrected chi connectivity index (χ3v) is 5.17. The number of ether oxygens (including phenoxy) is 6. The van der Waals surface area contributed by atoms with Crippen LogP contribution in [0.1, 0.15) is 26.3 Å². The maximum absolute atomic E-state index is 12.8. The lowest BCUT2D eigenvalue weighted by Gasteiger charge is -2.13. The third kappa shape index (κ3) is 4.38. The number of carbonyl (C=O) groups excluding carboxylic acids is 2. The van der Waals surface area contributed by atoms with Crippen molar-refractivity contribution in [1.82, 2.24) is 0 Å². The number of ketones is 1. The number of methoxy groups -OCH3 is 4. The minimum Gasteiger partial charge on any atom is -0.497 e. The molecule has 4 rings (SSSR count). The first-order valence-corrected chi connectivity index (χ1v) is 10.2. The molecule has 0 saturated heterocycles. The molecule has 34 heavy (non-hydrogen) atoms. The van der Waals surface area contributed by atoms with E-state index < -0.39 is 5.97 Å². The number of allylic oxidation sites excluding steroid dienone is 1. The van der Waals surface area contributed by atoms with Crippen molar-refractivity contribution < 1.29 is 38.0 Å².